The molecule has 108 valence electrons. The van der Waals surface area contributed by atoms with Crippen molar-refractivity contribution in [1.82, 2.24) is 19.3 Å². The van der Waals surface area contributed by atoms with Gasteiger partial charge in [-0.3, -0.25) is 8.77 Å². The first-order chi connectivity index (χ1) is 9.63. The Morgan fingerprint density at radius 2 is 2.35 bits per heavy atom. The summed E-state index contributed by atoms with van der Waals surface area (Å²) in [7, 11) is 1.55. The number of aromatic nitrogens is 3. The number of nitrogen functional groups attached to an aromatic ring is 1. The van der Waals surface area contributed by atoms with Gasteiger partial charge >= 0.3 is 0 Å². The summed E-state index contributed by atoms with van der Waals surface area (Å²) in [6.45, 7) is 2.84. The average molecular weight is 405 g/mol. The number of carbonyl (C=O) groups excluding carboxylic acids is 1. The molecule has 1 aliphatic rings. The second kappa shape index (κ2) is 7.11. The van der Waals surface area contributed by atoms with E-state index >= 15 is 0 Å². The van der Waals surface area contributed by atoms with Gasteiger partial charge in [-0.15, -0.1) is 0 Å². The fraction of sp³-hybridized carbons (Fsp3) is 0.417. The fourth-order valence-corrected chi connectivity index (χ4v) is 3.20. The topological polar surface area (TPSA) is 85.8 Å². The van der Waals surface area contributed by atoms with E-state index in [-0.39, 0.29) is 11.8 Å². The summed E-state index contributed by atoms with van der Waals surface area (Å²) >= 11 is 2.19. The Balaban J connectivity index is 0.000000160. The smallest absolute Gasteiger partial charge is 0.222 e. The molecule has 0 aromatic carbocycles. The summed E-state index contributed by atoms with van der Waals surface area (Å²) in [5, 5.41) is 3.70. The molecule has 0 aliphatic carbocycles. The van der Waals surface area contributed by atoms with Crippen molar-refractivity contribution in [2.75, 3.05) is 12.3 Å². The minimum Gasteiger partial charge on any atom is -0.383 e. The highest BCUT2D eigenvalue weighted by molar-refractivity contribution is 14.2. The van der Waals surface area contributed by atoms with Gasteiger partial charge in [-0.25, -0.2) is 9.97 Å². The molecule has 2 aromatic rings. The predicted molar refractivity (Wildman–Crippen MR) is 90.4 cm³/mol. The highest BCUT2D eigenvalue weighted by Crippen LogP contribution is 2.24. The molecule has 3 rings (SSSR count). The maximum atomic E-state index is 10.7. The third-order valence-electron chi connectivity index (χ3n) is 3.11. The van der Waals surface area contributed by atoms with Crippen molar-refractivity contribution < 1.29 is 4.79 Å². The Kier molecular flexibility index (Phi) is 5.46. The summed E-state index contributed by atoms with van der Waals surface area (Å²) in [4.78, 5) is 18.7. The zero-order valence-corrected chi connectivity index (χ0v) is 14.0. The van der Waals surface area contributed by atoms with Crippen molar-refractivity contribution in [1.29, 1.82) is 0 Å². The number of nitrogens with one attached hydrogen (secondary N) is 1. The number of nitrogens with zero attached hydrogens (tertiary/aromatic N) is 3. The average Bonchev–Trinajstić information content (AvgIpc) is 2.87. The summed E-state index contributed by atoms with van der Waals surface area (Å²) in [5.74, 6) is 1.00. The van der Waals surface area contributed by atoms with Crippen molar-refractivity contribution in [3.63, 3.8) is 0 Å². The molecule has 3 N–H and O–H groups in total. The summed E-state index contributed by atoms with van der Waals surface area (Å²) in [6, 6.07) is 1.91. The maximum Gasteiger partial charge on any atom is 0.222 e. The van der Waals surface area contributed by atoms with E-state index in [9.17, 15) is 4.79 Å². The van der Waals surface area contributed by atoms with E-state index in [2.05, 4.69) is 36.5 Å². The van der Waals surface area contributed by atoms with Crippen LogP contribution in [0.5, 0.6) is 0 Å². The molecule has 3 heterocycles. The number of hydrogen-bond acceptors (Lipinski definition) is 5. The standard InChI is InChI=1S/C6H5IN4S.C6H11NO/c7-12-11-2-1-4-5(8)9-3-10-6(4)11;1-5-3-2-4-7-6(5)8/h1-3H,(H2,8,9,10);5H,2-4H2,1H3,(H,7,8). The van der Waals surface area contributed by atoms with Crippen LogP contribution >= 0.6 is 30.3 Å². The molecular formula is C12H16IN5OS. The van der Waals surface area contributed by atoms with Crippen molar-refractivity contribution >= 4 is 53.1 Å². The van der Waals surface area contributed by atoms with Crippen LogP contribution in [0.4, 0.5) is 5.82 Å². The molecule has 20 heavy (non-hydrogen) atoms. The van der Waals surface area contributed by atoms with Gasteiger partial charge in [-0.2, -0.15) is 0 Å². The van der Waals surface area contributed by atoms with Gasteiger partial charge in [0.2, 0.25) is 5.91 Å². The molecule has 0 saturated carbocycles. The van der Waals surface area contributed by atoms with Crippen molar-refractivity contribution in [3.05, 3.63) is 18.6 Å². The largest absolute Gasteiger partial charge is 0.383 e. The van der Waals surface area contributed by atoms with Gasteiger partial charge in [-0.1, -0.05) is 6.92 Å². The summed E-state index contributed by atoms with van der Waals surface area (Å²) in [5.41, 5.74) is 6.51. The van der Waals surface area contributed by atoms with Crippen molar-refractivity contribution in [3.8, 4) is 0 Å². The lowest BCUT2D eigenvalue weighted by molar-refractivity contribution is -0.125. The van der Waals surface area contributed by atoms with Crippen LogP contribution in [0.1, 0.15) is 19.8 Å². The molecule has 6 nitrogen and oxygen atoms in total. The van der Waals surface area contributed by atoms with E-state index in [0.717, 1.165) is 30.4 Å². The molecule has 0 radical (unpaired) electrons. The highest BCUT2D eigenvalue weighted by Gasteiger charge is 2.15. The third-order valence-corrected chi connectivity index (χ3v) is 4.83. The van der Waals surface area contributed by atoms with Crippen LogP contribution in [0.25, 0.3) is 11.0 Å². The molecule has 2 aromatic heterocycles. The third kappa shape index (κ3) is 3.54. The molecule has 1 atom stereocenters. The molecule has 8 heteroatoms. The first-order valence-corrected chi connectivity index (χ1v) is 9.59. The van der Waals surface area contributed by atoms with Crippen LogP contribution in [0, 0.1) is 5.92 Å². The number of amides is 1. The monoisotopic (exact) mass is 405 g/mol. The number of nitrogens with two attached hydrogens (primary N) is 1. The van der Waals surface area contributed by atoms with Crippen LogP contribution in [-0.2, 0) is 4.79 Å². The Morgan fingerprint density at radius 1 is 1.55 bits per heavy atom. The van der Waals surface area contributed by atoms with Gasteiger partial charge in [-0.05, 0) is 18.9 Å². The van der Waals surface area contributed by atoms with E-state index < -0.39 is 0 Å². The number of halogens is 1. The molecule has 1 fully saturated rings. The SMILES string of the molecule is CC1CCCNC1=O.Nc1ncnc2c1ccn2SI. The Hall–Kier alpha value is -1.03. The first-order valence-electron chi connectivity index (χ1n) is 6.27. The van der Waals surface area contributed by atoms with Crippen LogP contribution in [-0.4, -0.2) is 26.4 Å². The minimum atomic E-state index is 0.219. The van der Waals surface area contributed by atoms with Gasteiger partial charge in [0.15, 0.2) is 5.65 Å². The second-order valence-corrected chi connectivity index (χ2v) is 6.25. The van der Waals surface area contributed by atoms with Gasteiger partial charge in [0.25, 0.3) is 0 Å². The quantitative estimate of drug-likeness (QED) is 0.712. The van der Waals surface area contributed by atoms with Crippen LogP contribution in [0.2, 0.25) is 0 Å². The van der Waals surface area contributed by atoms with E-state index in [4.69, 9.17) is 5.73 Å². The highest BCUT2D eigenvalue weighted by atomic mass is 127. The van der Waals surface area contributed by atoms with Crippen LogP contribution in [0.15, 0.2) is 18.6 Å². The van der Waals surface area contributed by atoms with Gasteiger partial charge in [0.1, 0.15) is 12.1 Å². The molecule has 1 amide bonds. The number of rotatable bonds is 1. The maximum absolute atomic E-state index is 10.7. The lowest BCUT2D eigenvalue weighted by Crippen LogP contribution is -2.34. The van der Waals surface area contributed by atoms with E-state index in [1.807, 2.05) is 23.2 Å². The lowest BCUT2D eigenvalue weighted by atomic mass is 10.0. The fourth-order valence-electron chi connectivity index (χ4n) is 1.93. The molecule has 1 saturated heterocycles. The number of carbonyl (C=O) groups is 1. The zero-order valence-electron chi connectivity index (χ0n) is 11.0. The Labute approximate surface area is 133 Å². The molecule has 1 unspecified atom stereocenters. The lowest BCUT2D eigenvalue weighted by Gasteiger charge is -2.16. The van der Waals surface area contributed by atoms with E-state index in [1.165, 1.54) is 6.33 Å². The number of fused-ring (bicyclic) bond motifs is 1. The zero-order chi connectivity index (χ0) is 14.5. The predicted octanol–water partition coefficient (Wildman–Crippen LogP) is 2.39. The van der Waals surface area contributed by atoms with E-state index in [0.29, 0.717) is 5.82 Å². The number of piperidine rings is 1. The van der Waals surface area contributed by atoms with Gasteiger partial charge in [0, 0.05) is 49.0 Å². The van der Waals surface area contributed by atoms with Crippen LogP contribution in [0.3, 0.4) is 0 Å². The normalized spacial score (nSPS) is 18.3. The molecule has 1 aliphatic heterocycles. The minimum absolute atomic E-state index is 0.219. The molecule has 0 spiro atoms. The summed E-state index contributed by atoms with van der Waals surface area (Å²) < 4.78 is 1.94. The summed E-state index contributed by atoms with van der Waals surface area (Å²) in [6.07, 6.45) is 5.60. The number of hydrogen-bond donors (Lipinski definition) is 2. The van der Waals surface area contributed by atoms with E-state index in [1.54, 1.807) is 9.12 Å². The molecule has 0 bridgehead atoms. The van der Waals surface area contributed by atoms with Gasteiger partial charge < -0.3 is 11.1 Å². The van der Waals surface area contributed by atoms with Crippen molar-refractivity contribution in [2.45, 2.75) is 19.8 Å². The van der Waals surface area contributed by atoms with Gasteiger partial charge in [0.05, 0.1) is 5.39 Å². The Morgan fingerprint density at radius 3 is 2.95 bits per heavy atom. The number of anilines is 1. The first kappa shape index (κ1) is 15.4. The Bertz CT molecular complexity index is 603. The van der Waals surface area contributed by atoms with Crippen molar-refractivity contribution in [2.24, 2.45) is 5.92 Å². The molecular weight excluding hydrogens is 389 g/mol. The second-order valence-electron chi connectivity index (χ2n) is 4.54. The van der Waals surface area contributed by atoms with Crippen LogP contribution < -0.4 is 11.1 Å².